The maximum Gasteiger partial charge on any atom is 0.315 e. The first-order valence-electron chi connectivity index (χ1n) is 6.73. The van der Waals surface area contributed by atoms with Crippen LogP contribution in [-0.2, 0) is 4.79 Å². The molecule has 1 aromatic rings. The third-order valence-electron chi connectivity index (χ3n) is 3.06. The van der Waals surface area contributed by atoms with Crippen LogP contribution in [0, 0.1) is 12.8 Å². The number of hydrogen-bond acceptors (Lipinski definition) is 3. The molecule has 0 aliphatic carbocycles. The van der Waals surface area contributed by atoms with E-state index >= 15 is 0 Å². The molecule has 3 N–H and O–H groups in total. The van der Waals surface area contributed by atoms with E-state index in [1.807, 2.05) is 26.0 Å². The minimum absolute atomic E-state index is 0.0216. The molecule has 0 aromatic carbocycles. The Balaban J connectivity index is 2.22. The van der Waals surface area contributed by atoms with Crippen molar-refractivity contribution in [2.45, 2.75) is 39.7 Å². The molecule has 2 unspecified atom stereocenters. The molecular formula is C14H22N2O3S. The maximum atomic E-state index is 11.7. The Kier molecular flexibility index (Phi) is 6.51. The van der Waals surface area contributed by atoms with Gasteiger partial charge in [-0.15, -0.1) is 11.3 Å². The number of carbonyl (C=O) groups is 2. The molecule has 0 aliphatic rings. The van der Waals surface area contributed by atoms with Gasteiger partial charge in [-0.05, 0) is 38.8 Å². The molecule has 0 bridgehead atoms. The van der Waals surface area contributed by atoms with Gasteiger partial charge < -0.3 is 15.7 Å². The topological polar surface area (TPSA) is 78.4 Å². The third kappa shape index (κ3) is 5.61. The van der Waals surface area contributed by atoms with Crippen molar-refractivity contribution in [3.63, 3.8) is 0 Å². The van der Waals surface area contributed by atoms with Crippen molar-refractivity contribution >= 4 is 23.3 Å². The number of carboxylic acids is 1. The summed E-state index contributed by atoms with van der Waals surface area (Å²) in [4.78, 5) is 24.7. The van der Waals surface area contributed by atoms with Crippen LogP contribution < -0.4 is 10.6 Å². The summed E-state index contributed by atoms with van der Waals surface area (Å²) in [6.07, 6.45) is 1.22. The largest absolute Gasteiger partial charge is 0.481 e. The monoisotopic (exact) mass is 298 g/mol. The van der Waals surface area contributed by atoms with Gasteiger partial charge in [0.05, 0.1) is 12.0 Å². The number of aryl methyl sites for hydroxylation is 1. The Morgan fingerprint density at radius 1 is 1.35 bits per heavy atom. The zero-order valence-electron chi connectivity index (χ0n) is 12.1. The van der Waals surface area contributed by atoms with Crippen LogP contribution in [0.15, 0.2) is 12.1 Å². The van der Waals surface area contributed by atoms with Gasteiger partial charge in [-0.1, -0.05) is 6.92 Å². The van der Waals surface area contributed by atoms with Crippen molar-refractivity contribution in [1.82, 2.24) is 10.6 Å². The highest BCUT2D eigenvalue weighted by atomic mass is 32.1. The molecule has 20 heavy (non-hydrogen) atoms. The van der Waals surface area contributed by atoms with E-state index in [4.69, 9.17) is 5.11 Å². The zero-order chi connectivity index (χ0) is 15.1. The number of carbonyl (C=O) groups excluding carboxylic acids is 1. The Labute approximate surface area is 123 Å². The van der Waals surface area contributed by atoms with Gasteiger partial charge >= 0.3 is 12.0 Å². The highest BCUT2D eigenvalue weighted by Crippen LogP contribution is 2.21. The molecule has 1 rings (SSSR count). The zero-order valence-corrected chi connectivity index (χ0v) is 12.9. The fourth-order valence-corrected chi connectivity index (χ4v) is 2.62. The predicted molar refractivity (Wildman–Crippen MR) is 80.0 cm³/mol. The SMILES string of the molecule is Cc1ccc(C(C)NC(=O)NCCCC(C)C(=O)O)s1. The molecule has 0 spiro atoms. The standard InChI is InChI=1S/C14H22N2O3S/c1-9(13(17)18)5-4-8-15-14(19)16-11(3)12-7-6-10(2)20-12/h6-7,9,11H,4-5,8H2,1-3H3,(H,17,18)(H2,15,16,19). The number of nitrogens with one attached hydrogen (secondary N) is 2. The Bertz CT molecular complexity index is 459. The van der Waals surface area contributed by atoms with Gasteiger partial charge in [0.25, 0.3) is 0 Å². The summed E-state index contributed by atoms with van der Waals surface area (Å²) in [6, 6.07) is 3.81. The predicted octanol–water partition coefficient (Wildman–Crippen LogP) is 2.92. The van der Waals surface area contributed by atoms with Gasteiger partial charge in [0.1, 0.15) is 0 Å². The summed E-state index contributed by atoms with van der Waals surface area (Å²) in [5, 5.41) is 14.3. The van der Waals surface area contributed by atoms with Crippen molar-refractivity contribution in [3.05, 3.63) is 21.9 Å². The number of amides is 2. The van der Waals surface area contributed by atoms with Gasteiger partial charge in [0.15, 0.2) is 0 Å². The van der Waals surface area contributed by atoms with Crippen LogP contribution in [0.4, 0.5) is 4.79 Å². The molecule has 2 atom stereocenters. The van der Waals surface area contributed by atoms with E-state index in [9.17, 15) is 9.59 Å². The molecule has 1 heterocycles. The minimum Gasteiger partial charge on any atom is -0.481 e. The van der Waals surface area contributed by atoms with E-state index in [1.54, 1.807) is 18.3 Å². The molecule has 0 fully saturated rings. The Morgan fingerprint density at radius 2 is 2.05 bits per heavy atom. The lowest BCUT2D eigenvalue weighted by atomic mass is 10.1. The molecule has 6 heteroatoms. The number of hydrogen-bond donors (Lipinski definition) is 3. The van der Waals surface area contributed by atoms with E-state index in [1.165, 1.54) is 4.88 Å². The van der Waals surface area contributed by atoms with Gasteiger partial charge in [-0.3, -0.25) is 4.79 Å². The molecule has 0 saturated carbocycles. The number of urea groups is 1. The maximum absolute atomic E-state index is 11.7. The summed E-state index contributed by atoms with van der Waals surface area (Å²) in [5.41, 5.74) is 0. The highest BCUT2D eigenvalue weighted by molar-refractivity contribution is 7.12. The first kappa shape index (κ1) is 16.5. The van der Waals surface area contributed by atoms with Gasteiger partial charge in [0, 0.05) is 16.3 Å². The fraction of sp³-hybridized carbons (Fsp3) is 0.571. The Hall–Kier alpha value is -1.56. The third-order valence-corrected chi connectivity index (χ3v) is 4.24. The van der Waals surface area contributed by atoms with Crippen molar-refractivity contribution in [2.24, 2.45) is 5.92 Å². The van der Waals surface area contributed by atoms with Crippen LogP contribution in [0.2, 0.25) is 0 Å². The van der Waals surface area contributed by atoms with E-state index in [2.05, 4.69) is 10.6 Å². The normalized spacial score (nSPS) is 13.6. The molecule has 0 aliphatic heterocycles. The van der Waals surface area contributed by atoms with Crippen molar-refractivity contribution in [2.75, 3.05) is 6.54 Å². The van der Waals surface area contributed by atoms with Gasteiger partial charge in [0.2, 0.25) is 0 Å². The van der Waals surface area contributed by atoms with Crippen molar-refractivity contribution in [1.29, 1.82) is 0 Å². The molecule has 5 nitrogen and oxygen atoms in total. The Morgan fingerprint density at radius 3 is 2.60 bits per heavy atom. The van der Waals surface area contributed by atoms with E-state index in [0.717, 1.165) is 4.88 Å². The van der Waals surface area contributed by atoms with E-state index in [0.29, 0.717) is 19.4 Å². The molecule has 1 aromatic heterocycles. The smallest absolute Gasteiger partial charge is 0.315 e. The first-order chi connectivity index (χ1) is 9.40. The van der Waals surface area contributed by atoms with Crippen LogP contribution in [-0.4, -0.2) is 23.7 Å². The quantitative estimate of drug-likeness (QED) is 0.677. The average Bonchev–Trinajstić information content (AvgIpc) is 2.81. The summed E-state index contributed by atoms with van der Waals surface area (Å²) < 4.78 is 0. The number of carboxylic acid groups (broad SMARTS) is 1. The molecular weight excluding hydrogens is 276 g/mol. The summed E-state index contributed by atoms with van der Waals surface area (Å²) in [5.74, 6) is -1.16. The summed E-state index contributed by atoms with van der Waals surface area (Å²) >= 11 is 1.67. The second kappa shape index (κ2) is 7.89. The lowest BCUT2D eigenvalue weighted by molar-refractivity contribution is -0.141. The summed E-state index contributed by atoms with van der Waals surface area (Å²) in [6.45, 7) is 6.13. The molecule has 0 saturated heterocycles. The fourth-order valence-electron chi connectivity index (χ4n) is 1.74. The first-order valence-corrected chi connectivity index (χ1v) is 7.55. The van der Waals surface area contributed by atoms with Crippen LogP contribution in [0.5, 0.6) is 0 Å². The van der Waals surface area contributed by atoms with Gasteiger partial charge in [-0.25, -0.2) is 4.79 Å². The number of thiophene rings is 1. The lowest BCUT2D eigenvalue weighted by Crippen LogP contribution is -2.37. The van der Waals surface area contributed by atoms with Crippen LogP contribution in [0.25, 0.3) is 0 Å². The second-order valence-electron chi connectivity index (χ2n) is 4.95. The summed E-state index contributed by atoms with van der Waals surface area (Å²) in [7, 11) is 0. The van der Waals surface area contributed by atoms with Crippen LogP contribution >= 0.6 is 11.3 Å². The molecule has 2 amide bonds. The second-order valence-corrected chi connectivity index (χ2v) is 6.27. The lowest BCUT2D eigenvalue weighted by Gasteiger charge is -2.13. The number of rotatable bonds is 7. The minimum atomic E-state index is -0.795. The highest BCUT2D eigenvalue weighted by Gasteiger charge is 2.12. The van der Waals surface area contributed by atoms with Crippen molar-refractivity contribution in [3.8, 4) is 0 Å². The molecule has 112 valence electrons. The average molecular weight is 298 g/mol. The van der Waals surface area contributed by atoms with Gasteiger partial charge in [-0.2, -0.15) is 0 Å². The van der Waals surface area contributed by atoms with Crippen LogP contribution in [0.3, 0.4) is 0 Å². The van der Waals surface area contributed by atoms with E-state index < -0.39 is 5.97 Å². The van der Waals surface area contributed by atoms with Crippen molar-refractivity contribution < 1.29 is 14.7 Å². The van der Waals surface area contributed by atoms with Crippen LogP contribution in [0.1, 0.15) is 42.5 Å². The van der Waals surface area contributed by atoms with E-state index in [-0.39, 0.29) is 18.0 Å². The molecule has 0 radical (unpaired) electrons. The number of aliphatic carboxylic acids is 1.